The third kappa shape index (κ3) is 6.33. The van der Waals surface area contributed by atoms with Crippen molar-refractivity contribution >= 4 is 16.5 Å². The molecular weight excluding hydrogens is 548 g/mol. The first-order valence-corrected chi connectivity index (χ1v) is 13.5. The van der Waals surface area contributed by atoms with Gasteiger partial charge in [-0.05, 0) is 72.4 Å². The van der Waals surface area contributed by atoms with E-state index in [0.717, 1.165) is 46.7 Å². The fourth-order valence-corrected chi connectivity index (χ4v) is 4.87. The van der Waals surface area contributed by atoms with Crippen LogP contribution < -0.4 is 10.2 Å². The number of allylic oxidation sites excluding steroid dienone is 8. The van der Waals surface area contributed by atoms with Gasteiger partial charge in [-0.25, -0.2) is 0 Å². The first-order valence-electron chi connectivity index (χ1n) is 13.5. The number of benzene rings is 3. The lowest BCUT2D eigenvalue weighted by Crippen LogP contribution is -2.09. The van der Waals surface area contributed by atoms with Gasteiger partial charge >= 0.3 is 0 Å². The van der Waals surface area contributed by atoms with E-state index in [2.05, 4.69) is 6.58 Å². The van der Waals surface area contributed by atoms with Crippen molar-refractivity contribution < 1.29 is 34.7 Å². The molecule has 4 aromatic rings. The van der Waals surface area contributed by atoms with Crippen molar-refractivity contribution in [2.45, 2.75) is 26.2 Å². The van der Waals surface area contributed by atoms with Crippen LogP contribution in [0.25, 0.3) is 16.5 Å². The van der Waals surface area contributed by atoms with Crippen LogP contribution in [0.5, 0.6) is 34.5 Å². The quantitative estimate of drug-likeness (QED) is 0.176. The van der Waals surface area contributed by atoms with Crippen LogP contribution in [0.15, 0.2) is 112 Å². The van der Waals surface area contributed by atoms with Crippen molar-refractivity contribution in [3.05, 3.63) is 136 Å². The second-order valence-electron chi connectivity index (χ2n) is 10.2. The lowest BCUT2D eigenvalue weighted by atomic mass is 9.88. The lowest BCUT2D eigenvalue weighted by molar-refractivity contribution is 0.392. The number of hydrogen-bond donors (Lipinski definition) is 5. The van der Waals surface area contributed by atoms with E-state index in [-0.39, 0.29) is 57.3 Å². The fourth-order valence-electron chi connectivity index (χ4n) is 4.87. The molecule has 0 amide bonds. The van der Waals surface area contributed by atoms with Gasteiger partial charge in [0.05, 0.1) is 6.26 Å². The summed E-state index contributed by atoms with van der Waals surface area (Å²) in [6.07, 6.45) is 14.5. The van der Waals surface area contributed by atoms with Gasteiger partial charge in [0.2, 0.25) is 0 Å². The summed E-state index contributed by atoms with van der Waals surface area (Å²) in [7, 11) is 0. The molecule has 5 N–H and O–H groups in total. The van der Waals surface area contributed by atoms with Crippen molar-refractivity contribution in [3.63, 3.8) is 0 Å². The van der Waals surface area contributed by atoms with Crippen molar-refractivity contribution in [1.82, 2.24) is 0 Å². The maximum Gasteiger partial charge on any atom is 0.199 e. The molecule has 0 fully saturated rings. The minimum atomic E-state index is -0.390. The number of ether oxygens (including phenoxy) is 1. The Bertz CT molecular complexity index is 1920. The third-order valence-electron chi connectivity index (χ3n) is 7.10. The number of phenols is 5. The molecule has 0 unspecified atom stereocenters. The highest BCUT2D eigenvalue weighted by Gasteiger charge is 2.17. The van der Waals surface area contributed by atoms with E-state index in [1.54, 1.807) is 24.3 Å². The summed E-state index contributed by atoms with van der Waals surface area (Å²) in [4.78, 5) is 12.8. The SMILES string of the molecule is C=C1C(C)=CCc2cc(O)cc(O)c21.O=c1c(Cc2ccc(O)c(OC3=CC=CCC=C3)c2)coc2cc(O)cc(O)c12. The van der Waals surface area contributed by atoms with Gasteiger partial charge in [-0.1, -0.05) is 36.9 Å². The normalized spacial score (nSPS) is 13.8. The van der Waals surface area contributed by atoms with Crippen LogP contribution in [0.3, 0.4) is 0 Å². The maximum atomic E-state index is 12.8. The average molecular weight is 579 g/mol. The molecular formula is C35H30O8. The van der Waals surface area contributed by atoms with E-state index in [9.17, 15) is 30.3 Å². The van der Waals surface area contributed by atoms with E-state index in [1.165, 1.54) is 24.5 Å². The molecule has 1 aromatic heterocycles. The largest absolute Gasteiger partial charge is 0.508 e. The molecule has 0 saturated carbocycles. The van der Waals surface area contributed by atoms with Gasteiger partial charge in [0.25, 0.3) is 0 Å². The minimum Gasteiger partial charge on any atom is -0.508 e. The molecule has 1 heterocycles. The first-order chi connectivity index (χ1) is 20.6. The Morgan fingerprint density at radius 1 is 0.930 bits per heavy atom. The zero-order valence-corrected chi connectivity index (χ0v) is 23.4. The van der Waals surface area contributed by atoms with Crippen LogP contribution in [0, 0.1) is 0 Å². The summed E-state index contributed by atoms with van der Waals surface area (Å²) in [6.45, 7) is 5.89. The Balaban J connectivity index is 0.000000220. The number of aromatic hydroxyl groups is 5. The molecule has 3 aromatic carbocycles. The zero-order valence-electron chi connectivity index (χ0n) is 23.4. The summed E-state index contributed by atoms with van der Waals surface area (Å²) in [5.41, 5.74) is 4.37. The molecule has 2 aliphatic carbocycles. The molecule has 43 heavy (non-hydrogen) atoms. The van der Waals surface area contributed by atoms with E-state index in [0.29, 0.717) is 11.3 Å². The zero-order chi connectivity index (χ0) is 30.7. The van der Waals surface area contributed by atoms with Crippen LogP contribution >= 0.6 is 0 Å². The lowest BCUT2D eigenvalue weighted by Gasteiger charge is -2.18. The molecule has 0 atom stereocenters. The van der Waals surface area contributed by atoms with Crippen LogP contribution in [0.4, 0.5) is 0 Å². The summed E-state index contributed by atoms with van der Waals surface area (Å²) < 4.78 is 11.2. The maximum absolute atomic E-state index is 12.8. The molecule has 0 aliphatic heterocycles. The number of rotatable bonds is 4. The van der Waals surface area contributed by atoms with Gasteiger partial charge in [-0.15, -0.1) is 0 Å². The second kappa shape index (κ2) is 12.1. The highest BCUT2D eigenvalue weighted by Crippen LogP contribution is 2.38. The smallest absolute Gasteiger partial charge is 0.199 e. The third-order valence-corrected chi connectivity index (χ3v) is 7.10. The Morgan fingerprint density at radius 2 is 1.70 bits per heavy atom. The van der Waals surface area contributed by atoms with Gasteiger partial charge in [0.15, 0.2) is 16.9 Å². The molecule has 8 nitrogen and oxygen atoms in total. The molecule has 6 rings (SSSR count). The molecule has 2 aliphatic rings. The molecule has 8 heteroatoms. The van der Waals surface area contributed by atoms with E-state index >= 15 is 0 Å². The van der Waals surface area contributed by atoms with Crippen LogP contribution in [-0.4, -0.2) is 25.5 Å². The summed E-state index contributed by atoms with van der Waals surface area (Å²) >= 11 is 0. The van der Waals surface area contributed by atoms with Gasteiger partial charge in [-0.2, -0.15) is 0 Å². The number of fused-ring (bicyclic) bond motifs is 2. The number of hydrogen-bond acceptors (Lipinski definition) is 8. The molecule has 0 bridgehead atoms. The molecule has 0 saturated heterocycles. The molecule has 0 spiro atoms. The predicted molar refractivity (Wildman–Crippen MR) is 165 cm³/mol. The Labute approximate surface area is 247 Å². The first kappa shape index (κ1) is 28.9. The van der Waals surface area contributed by atoms with E-state index in [4.69, 9.17) is 9.15 Å². The summed E-state index contributed by atoms with van der Waals surface area (Å²) in [5, 5.41) is 48.7. The van der Waals surface area contributed by atoms with Crippen molar-refractivity contribution in [1.29, 1.82) is 0 Å². The van der Waals surface area contributed by atoms with Gasteiger partial charge < -0.3 is 34.7 Å². The van der Waals surface area contributed by atoms with E-state index < -0.39 is 0 Å². The Hall–Kier alpha value is -5.63. The summed E-state index contributed by atoms with van der Waals surface area (Å²) in [6, 6.07) is 10.2. The van der Waals surface area contributed by atoms with Crippen molar-refractivity contribution in [2.24, 2.45) is 0 Å². The van der Waals surface area contributed by atoms with Crippen molar-refractivity contribution in [3.8, 4) is 34.5 Å². The monoisotopic (exact) mass is 578 g/mol. The van der Waals surface area contributed by atoms with Crippen molar-refractivity contribution in [2.75, 3.05) is 0 Å². The van der Waals surface area contributed by atoms with Gasteiger partial charge in [0, 0.05) is 35.7 Å². The second-order valence-corrected chi connectivity index (χ2v) is 10.2. The topological polar surface area (TPSA) is 141 Å². The number of phenolic OH excluding ortho intramolecular Hbond substituents is 5. The molecule has 0 radical (unpaired) electrons. The molecule has 218 valence electrons. The van der Waals surface area contributed by atoms with E-state index in [1.807, 2.05) is 37.3 Å². The Kier molecular flexibility index (Phi) is 8.11. The fraction of sp³-hybridized carbons (Fsp3) is 0.114. The average Bonchev–Trinajstić information content (AvgIpc) is 3.22. The highest BCUT2D eigenvalue weighted by atomic mass is 16.5. The van der Waals surface area contributed by atoms with Gasteiger partial charge in [0.1, 0.15) is 39.7 Å². The highest BCUT2D eigenvalue weighted by molar-refractivity contribution is 5.85. The van der Waals surface area contributed by atoms with Crippen LogP contribution in [-0.2, 0) is 12.8 Å². The van der Waals surface area contributed by atoms with Crippen LogP contribution in [0.1, 0.15) is 35.6 Å². The minimum absolute atomic E-state index is 0.0103. The summed E-state index contributed by atoms with van der Waals surface area (Å²) in [5.74, 6) is 0.510. The van der Waals surface area contributed by atoms with Gasteiger partial charge in [-0.3, -0.25) is 4.79 Å². The predicted octanol–water partition coefficient (Wildman–Crippen LogP) is 6.89. The van der Waals surface area contributed by atoms with Crippen LogP contribution in [0.2, 0.25) is 0 Å². The Morgan fingerprint density at radius 3 is 2.51 bits per heavy atom. The standard InChI is InChI=1S/C23H18O6.C12H12O2/c24-16-11-19(26)22-21(12-16)28-13-15(23(22)27)9-14-7-8-18(25)20(10-14)29-17-5-3-1-2-4-6-17;1-7-3-4-9-5-10(13)6-11(14)12(9)8(7)2/h1,3-8,10-13,24-26H,2,9H2;3,5-6,13-14H,2,4H2,1H3.